The van der Waals surface area contributed by atoms with Crippen molar-refractivity contribution >= 4 is 22.5 Å². The van der Waals surface area contributed by atoms with Gasteiger partial charge in [0.05, 0.1) is 5.52 Å². The summed E-state index contributed by atoms with van der Waals surface area (Å²) in [6, 6.07) is 6.56. The SMILES string of the molecule is OC(c1c(Cl)ccc2cccnc12)C(F)F. The fourth-order valence-corrected chi connectivity index (χ4v) is 1.81. The lowest BCUT2D eigenvalue weighted by Gasteiger charge is -2.13. The van der Waals surface area contributed by atoms with E-state index in [1.807, 2.05) is 0 Å². The first-order valence-electron chi connectivity index (χ1n) is 4.60. The second kappa shape index (κ2) is 4.31. The Hall–Kier alpha value is -1.26. The maximum Gasteiger partial charge on any atom is 0.268 e. The van der Waals surface area contributed by atoms with Crippen molar-refractivity contribution in [3.05, 3.63) is 41.0 Å². The third kappa shape index (κ3) is 1.86. The summed E-state index contributed by atoms with van der Waals surface area (Å²) in [6.45, 7) is 0. The molecule has 0 fully saturated rings. The summed E-state index contributed by atoms with van der Waals surface area (Å²) in [7, 11) is 0. The molecule has 1 atom stereocenters. The molecule has 1 aromatic carbocycles. The minimum atomic E-state index is -2.88. The first-order valence-corrected chi connectivity index (χ1v) is 4.98. The van der Waals surface area contributed by atoms with Crippen molar-refractivity contribution in [3.63, 3.8) is 0 Å². The van der Waals surface area contributed by atoms with Crippen molar-refractivity contribution in [2.45, 2.75) is 12.5 Å². The van der Waals surface area contributed by atoms with Crippen molar-refractivity contribution in [2.75, 3.05) is 0 Å². The number of aromatic nitrogens is 1. The molecule has 0 spiro atoms. The number of hydrogen-bond donors (Lipinski definition) is 1. The summed E-state index contributed by atoms with van der Waals surface area (Å²) in [6.07, 6.45) is -3.32. The van der Waals surface area contributed by atoms with Crippen LogP contribution in [0.25, 0.3) is 10.9 Å². The highest BCUT2D eigenvalue weighted by atomic mass is 35.5. The number of rotatable bonds is 2. The van der Waals surface area contributed by atoms with Crippen LogP contribution in [0.2, 0.25) is 5.02 Å². The average molecular weight is 244 g/mol. The number of hydrogen-bond acceptors (Lipinski definition) is 2. The predicted octanol–water partition coefficient (Wildman–Crippen LogP) is 3.19. The fraction of sp³-hybridized carbons (Fsp3) is 0.182. The molecule has 1 aromatic heterocycles. The molecule has 1 heterocycles. The zero-order chi connectivity index (χ0) is 11.7. The highest BCUT2D eigenvalue weighted by Crippen LogP contribution is 2.32. The maximum atomic E-state index is 12.5. The molecule has 0 aliphatic carbocycles. The molecule has 84 valence electrons. The number of aliphatic hydroxyl groups is 1. The van der Waals surface area contributed by atoms with Crippen LogP contribution in [0.1, 0.15) is 11.7 Å². The van der Waals surface area contributed by atoms with Crippen LogP contribution in [0.5, 0.6) is 0 Å². The monoisotopic (exact) mass is 243 g/mol. The Morgan fingerprint density at radius 3 is 2.69 bits per heavy atom. The van der Waals surface area contributed by atoms with Gasteiger partial charge < -0.3 is 5.11 Å². The van der Waals surface area contributed by atoms with Crippen molar-refractivity contribution < 1.29 is 13.9 Å². The van der Waals surface area contributed by atoms with Crippen molar-refractivity contribution in [2.24, 2.45) is 0 Å². The lowest BCUT2D eigenvalue weighted by atomic mass is 10.1. The Morgan fingerprint density at radius 2 is 2.00 bits per heavy atom. The van der Waals surface area contributed by atoms with Crippen LogP contribution in [-0.2, 0) is 0 Å². The van der Waals surface area contributed by atoms with Gasteiger partial charge in [0.2, 0.25) is 0 Å². The Labute approximate surface area is 95.5 Å². The van der Waals surface area contributed by atoms with Crippen LogP contribution in [0, 0.1) is 0 Å². The molecule has 0 radical (unpaired) electrons. The molecule has 0 amide bonds. The third-order valence-corrected chi connectivity index (χ3v) is 2.62. The van der Waals surface area contributed by atoms with Crippen LogP contribution in [0.15, 0.2) is 30.5 Å². The molecule has 1 unspecified atom stereocenters. The Balaban J connectivity index is 2.70. The van der Waals surface area contributed by atoms with Gasteiger partial charge in [-0.05, 0) is 12.1 Å². The number of alkyl halides is 2. The first kappa shape index (κ1) is 11.2. The van der Waals surface area contributed by atoms with Gasteiger partial charge in [-0.25, -0.2) is 8.78 Å². The maximum absolute atomic E-state index is 12.5. The van der Waals surface area contributed by atoms with E-state index in [0.717, 1.165) is 0 Å². The summed E-state index contributed by atoms with van der Waals surface area (Å²) in [5.41, 5.74) is 0.289. The van der Waals surface area contributed by atoms with Crippen LogP contribution in [-0.4, -0.2) is 16.5 Å². The van der Waals surface area contributed by atoms with Gasteiger partial charge in [0.15, 0.2) is 0 Å². The molecule has 0 saturated heterocycles. The second-order valence-corrected chi connectivity index (χ2v) is 3.72. The minimum absolute atomic E-state index is 0.0187. The summed E-state index contributed by atoms with van der Waals surface area (Å²) >= 11 is 5.81. The van der Waals surface area contributed by atoms with Gasteiger partial charge in [-0.1, -0.05) is 23.7 Å². The van der Waals surface area contributed by atoms with Crippen molar-refractivity contribution in [1.82, 2.24) is 4.98 Å². The quantitative estimate of drug-likeness (QED) is 0.879. The largest absolute Gasteiger partial charge is 0.382 e. The molecule has 1 N–H and O–H groups in total. The molecule has 5 heteroatoms. The zero-order valence-electron chi connectivity index (χ0n) is 8.07. The van der Waals surface area contributed by atoms with Crippen molar-refractivity contribution in [1.29, 1.82) is 0 Å². The van der Waals surface area contributed by atoms with E-state index in [1.165, 1.54) is 12.3 Å². The van der Waals surface area contributed by atoms with E-state index in [1.54, 1.807) is 18.2 Å². The van der Waals surface area contributed by atoms with Gasteiger partial charge in [-0.2, -0.15) is 0 Å². The van der Waals surface area contributed by atoms with E-state index < -0.39 is 12.5 Å². The molecule has 0 aliphatic rings. The third-order valence-electron chi connectivity index (χ3n) is 2.30. The van der Waals surface area contributed by atoms with Crippen LogP contribution in [0.4, 0.5) is 8.78 Å². The molecule has 16 heavy (non-hydrogen) atoms. The van der Waals surface area contributed by atoms with E-state index >= 15 is 0 Å². The van der Waals surface area contributed by atoms with E-state index in [9.17, 15) is 13.9 Å². The predicted molar refractivity (Wildman–Crippen MR) is 57.7 cm³/mol. The van der Waals surface area contributed by atoms with Gasteiger partial charge in [0.25, 0.3) is 6.43 Å². The number of aliphatic hydroxyl groups excluding tert-OH is 1. The summed E-state index contributed by atoms with van der Waals surface area (Å²) in [4.78, 5) is 3.97. The Morgan fingerprint density at radius 1 is 1.25 bits per heavy atom. The highest BCUT2D eigenvalue weighted by Gasteiger charge is 2.24. The van der Waals surface area contributed by atoms with E-state index in [-0.39, 0.29) is 10.6 Å². The molecule has 0 aliphatic heterocycles. The molecule has 0 bridgehead atoms. The number of pyridine rings is 1. The summed E-state index contributed by atoms with van der Waals surface area (Å²) in [5.74, 6) is 0. The number of benzene rings is 1. The van der Waals surface area contributed by atoms with Crippen LogP contribution < -0.4 is 0 Å². The van der Waals surface area contributed by atoms with E-state index in [4.69, 9.17) is 11.6 Å². The van der Waals surface area contributed by atoms with Gasteiger partial charge in [-0.15, -0.1) is 0 Å². The fourth-order valence-electron chi connectivity index (χ4n) is 1.55. The molecule has 2 rings (SSSR count). The minimum Gasteiger partial charge on any atom is -0.382 e. The molecular formula is C11H8ClF2NO. The van der Waals surface area contributed by atoms with Gasteiger partial charge >= 0.3 is 0 Å². The normalized spacial score (nSPS) is 13.3. The highest BCUT2D eigenvalue weighted by molar-refractivity contribution is 6.32. The molecular weight excluding hydrogens is 236 g/mol. The van der Waals surface area contributed by atoms with Crippen LogP contribution in [0.3, 0.4) is 0 Å². The van der Waals surface area contributed by atoms with Crippen LogP contribution >= 0.6 is 11.6 Å². The first-order chi connectivity index (χ1) is 7.61. The Bertz CT molecular complexity index is 518. The summed E-state index contributed by atoms with van der Waals surface area (Å²) in [5, 5.41) is 10.2. The van der Waals surface area contributed by atoms with Gasteiger partial charge in [0.1, 0.15) is 6.10 Å². The number of fused-ring (bicyclic) bond motifs is 1. The smallest absolute Gasteiger partial charge is 0.268 e. The lowest BCUT2D eigenvalue weighted by molar-refractivity contribution is -0.00499. The average Bonchev–Trinajstić information content (AvgIpc) is 2.28. The number of nitrogens with zero attached hydrogens (tertiary/aromatic N) is 1. The molecule has 2 nitrogen and oxygen atoms in total. The van der Waals surface area contributed by atoms with E-state index in [0.29, 0.717) is 10.9 Å². The standard InChI is InChI=1S/C11H8ClF2NO/c12-7-4-3-6-2-1-5-15-9(6)8(7)10(16)11(13)14/h1-5,10-11,16H. The zero-order valence-corrected chi connectivity index (χ0v) is 8.83. The summed E-state index contributed by atoms with van der Waals surface area (Å²) < 4.78 is 25.0. The van der Waals surface area contributed by atoms with Gasteiger partial charge in [-0.3, -0.25) is 4.98 Å². The topological polar surface area (TPSA) is 33.1 Å². The van der Waals surface area contributed by atoms with E-state index in [2.05, 4.69) is 4.98 Å². The lowest BCUT2D eigenvalue weighted by Crippen LogP contribution is -2.09. The second-order valence-electron chi connectivity index (χ2n) is 3.32. The Kier molecular flexibility index (Phi) is 3.03. The van der Waals surface area contributed by atoms with Gasteiger partial charge in [0, 0.05) is 22.2 Å². The molecule has 2 aromatic rings. The molecule has 0 saturated carbocycles. The number of halogens is 3. The van der Waals surface area contributed by atoms with Crippen molar-refractivity contribution in [3.8, 4) is 0 Å².